The highest BCUT2D eigenvalue weighted by Crippen LogP contribution is 2.11. The molecule has 2 aromatic rings. The number of benzene rings is 1. The molecular formula is C13H14N2O3S. The molecule has 0 aliphatic rings. The molecule has 2 N–H and O–H groups in total. The maximum Gasteiger partial charge on any atom is 0.240 e. The Morgan fingerprint density at radius 2 is 1.89 bits per heavy atom. The number of hydrogen-bond donors (Lipinski definition) is 2. The van der Waals surface area contributed by atoms with Crippen LogP contribution in [0, 0.1) is 0 Å². The molecule has 0 unspecified atom stereocenters. The van der Waals surface area contributed by atoms with Crippen LogP contribution >= 0.6 is 0 Å². The van der Waals surface area contributed by atoms with E-state index in [0.717, 1.165) is 5.56 Å². The van der Waals surface area contributed by atoms with E-state index in [1.807, 2.05) is 0 Å². The fourth-order valence-corrected chi connectivity index (χ4v) is 2.62. The third kappa shape index (κ3) is 3.30. The van der Waals surface area contributed by atoms with Gasteiger partial charge < -0.3 is 4.98 Å². The van der Waals surface area contributed by atoms with Crippen molar-refractivity contribution in [3.8, 4) is 0 Å². The van der Waals surface area contributed by atoms with Crippen molar-refractivity contribution in [1.29, 1.82) is 0 Å². The van der Waals surface area contributed by atoms with Crippen molar-refractivity contribution < 1.29 is 13.2 Å². The first-order valence-electron chi connectivity index (χ1n) is 5.71. The molecule has 0 aliphatic heterocycles. The summed E-state index contributed by atoms with van der Waals surface area (Å²) >= 11 is 0. The molecule has 0 spiro atoms. The van der Waals surface area contributed by atoms with Crippen LogP contribution in [0.5, 0.6) is 0 Å². The van der Waals surface area contributed by atoms with Crippen LogP contribution in [-0.4, -0.2) is 19.2 Å². The zero-order valence-electron chi connectivity index (χ0n) is 10.4. The molecule has 100 valence electrons. The van der Waals surface area contributed by atoms with Crippen LogP contribution in [0.4, 0.5) is 0 Å². The molecular weight excluding hydrogens is 264 g/mol. The Bertz CT molecular complexity index is 658. The fourth-order valence-electron chi connectivity index (χ4n) is 1.60. The Hall–Kier alpha value is -1.92. The zero-order valence-corrected chi connectivity index (χ0v) is 11.2. The van der Waals surface area contributed by atoms with Gasteiger partial charge in [0.2, 0.25) is 10.0 Å². The van der Waals surface area contributed by atoms with Gasteiger partial charge in [-0.2, -0.15) is 0 Å². The second kappa shape index (κ2) is 5.38. The number of aromatic nitrogens is 1. The Morgan fingerprint density at radius 3 is 2.42 bits per heavy atom. The molecule has 19 heavy (non-hydrogen) atoms. The lowest BCUT2D eigenvalue weighted by molar-refractivity contribution is 0.101. The lowest BCUT2D eigenvalue weighted by Crippen LogP contribution is -2.23. The third-order valence-corrected chi connectivity index (χ3v) is 4.12. The Morgan fingerprint density at radius 1 is 1.21 bits per heavy atom. The van der Waals surface area contributed by atoms with Gasteiger partial charge in [-0.05, 0) is 30.7 Å². The maximum atomic E-state index is 12.0. The summed E-state index contributed by atoms with van der Waals surface area (Å²) in [5.41, 5.74) is 1.34. The van der Waals surface area contributed by atoms with Crippen LogP contribution < -0.4 is 4.72 Å². The van der Waals surface area contributed by atoms with Gasteiger partial charge in [0, 0.05) is 24.5 Å². The van der Waals surface area contributed by atoms with E-state index >= 15 is 0 Å². The second-order valence-corrected chi connectivity index (χ2v) is 5.89. The van der Waals surface area contributed by atoms with E-state index in [0.29, 0.717) is 5.56 Å². The number of nitrogens with one attached hydrogen (secondary N) is 2. The minimum atomic E-state index is -3.55. The molecule has 0 saturated heterocycles. The molecule has 0 aliphatic carbocycles. The lowest BCUT2D eigenvalue weighted by atomic mass is 10.2. The van der Waals surface area contributed by atoms with Gasteiger partial charge >= 0.3 is 0 Å². The van der Waals surface area contributed by atoms with Crippen molar-refractivity contribution >= 4 is 15.8 Å². The molecule has 0 fully saturated rings. The minimum Gasteiger partial charge on any atom is -0.367 e. The molecule has 0 bridgehead atoms. The van der Waals surface area contributed by atoms with Crippen molar-refractivity contribution in [3.05, 3.63) is 53.9 Å². The molecule has 0 saturated carbocycles. The summed E-state index contributed by atoms with van der Waals surface area (Å²) in [6, 6.07) is 7.66. The van der Waals surface area contributed by atoms with Crippen LogP contribution in [0.2, 0.25) is 0 Å². The number of sulfonamides is 1. The van der Waals surface area contributed by atoms with Gasteiger partial charge in [-0.3, -0.25) is 4.79 Å². The minimum absolute atomic E-state index is 0.0933. The normalized spacial score (nSPS) is 11.4. The average molecular weight is 278 g/mol. The van der Waals surface area contributed by atoms with E-state index in [9.17, 15) is 13.2 Å². The first-order chi connectivity index (χ1) is 8.99. The quantitative estimate of drug-likeness (QED) is 0.817. The van der Waals surface area contributed by atoms with Crippen molar-refractivity contribution in [1.82, 2.24) is 9.71 Å². The fraction of sp³-hybridized carbons (Fsp3) is 0.154. The Labute approximate surface area is 111 Å². The molecule has 0 amide bonds. The van der Waals surface area contributed by atoms with E-state index in [1.165, 1.54) is 31.2 Å². The number of carbonyl (C=O) groups is 1. The van der Waals surface area contributed by atoms with E-state index < -0.39 is 10.0 Å². The smallest absolute Gasteiger partial charge is 0.240 e. The summed E-state index contributed by atoms with van der Waals surface area (Å²) in [5, 5.41) is 0. The first-order valence-corrected chi connectivity index (χ1v) is 7.20. The van der Waals surface area contributed by atoms with E-state index in [-0.39, 0.29) is 17.2 Å². The summed E-state index contributed by atoms with van der Waals surface area (Å²) in [5.74, 6) is -0.0933. The molecule has 0 radical (unpaired) electrons. The predicted octanol–water partition coefficient (Wildman–Crippen LogP) is 1.70. The largest absolute Gasteiger partial charge is 0.367 e. The topological polar surface area (TPSA) is 79.0 Å². The summed E-state index contributed by atoms with van der Waals surface area (Å²) in [7, 11) is -3.55. The van der Waals surface area contributed by atoms with Gasteiger partial charge in [-0.1, -0.05) is 12.1 Å². The van der Waals surface area contributed by atoms with Crippen molar-refractivity contribution in [2.45, 2.75) is 18.4 Å². The summed E-state index contributed by atoms with van der Waals surface area (Å²) in [4.78, 5) is 14.1. The Kier molecular flexibility index (Phi) is 3.82. The molecule has 5 nitrogen and oxygen atoms in total. The van der Waals surface area contributed by atoms with Gasteiger partial charge in [-0.25, -0.2) is 13.1 Å². The second-order valence-electron chi connectivity index (χ2n) is 4.12. The van der Waals surface area contributed by atoms with Gasteiger partial charge in [0.05, 0.1) is 4.90 Å². The highest BCUT2D eigenvalue weighted by molar-refractivity contribution is 7.89. The van der Waals surface area contributed by atoms with E-state index in [2.05, 4.69) is 9.71 Å². The van der Waals surface area contributed by atoms with Gasteiger partial charge in [-0.15, -0.1) is 0 Å². The monoisotopic (exact) mass is 278 g/mol. The molecule has 0 atom stereocenters. The summed E-state index contributed by atoms with van der Waals surface area (Å²) < 4.78 is 26.5. The highest BCUT2D eigenvalue weighted by atomic mass is 32.2. The van der Waals surface area contributed by atoms with Crippen LogP contribution in [-0.2, 0) is 16.6 Å². The van der Waals surface area contributed by atoms with Crippen LogP contribution in [0.25, 0.3) is 0 Å². The van der Waals surface area contributed by atoms with Crippen molar-refractivity contribution in [2.75, 3.05) is 0 Å². The molecule has 1 heterocycles. The molecule has 1 aromatic carbocycles. The number of hydrogen-bond acceptors (Lipinski definition) is 3. The van der Waals surface area contributed by atoms with Gasteiger partial charge in [0.15, 0.2) is 5.78 Å². The molecule has 1 aromatic heterocycles. The summed E-state index contributed by atoms with van der Waals surface area (Å²) in [6.07, 6.45) is 3.45. The van der Waals surface area contributed by atoms with Gasteiger partial charge in [0.1, 0.15) is 0 Å². The zero-order chi connectivity index (χ0) is 13.9. The third-order valence-electron chi connectivity index (χ3n) is 2.70. The molecule has 2 rings (SSSR count). The number of Topliss-reactive ketones (excluding diaryl/α,β-unsaturated/α-hetero) is 1. The number of rotatable bonds is 5. The van der Waals surface area contributed by atoms with E-state index in [4.69, 9.17) is 0 Å². The van der Waals surface area contributed by atoms with Crippen LogP contribution in [0.3, 0.4) is 0 Å². The predicted molar refractivity (Wildman–Crippen MR) is 71.3 cm³/mol. The van der Waals surface area contributed by atoms with Crippen LogP contribution in [0.15, 0.2) is 47.6 Å². The first kappa shape index (κ1) is 13.5. The highest BCUT2D eigenvalue weighted by Gasteiger charge is 2.13. The average Bonchev–Trinajstić information content (AvgIpc) is 2.90. The van der Waals surface area contributed by atoms with Crippen molar-refractivity contribution in [2.24, 2.45) is 0 Å². The number of carbonyl (C=O) groups excluding carboxylic acids is 1. The van der Waals surface area contributed by atoms with Gasteiger partial charge in [0.25, 0.3) is 0 Å². The lowest BCUT2D eigenvalue weighted by Gasteiger charge is -2.06. The number of H-pyrrole nitrogens is 1. The van der Waals surface area contributed by atoms with E-state index in [1.54, 1.807) is 18.5 Å². The number of ketones is 1. The Balaban J connectivity index is 2.13. The SMILES string of the molecule is CC(=O)c1ccc(S(=O)(=O)NCc2cc[nH]c2)cc1. The standard InChI is InChI=1S/C13H14N2O3S/c1-10(16)12-2-4-13(5-3-12)19(17,18)15-9-11-6-7-14-8-11/h2-8,14-15H,9H2,1H3. The van der Waals surface area contributed by atoms with Crippen LogP contribution in [0.1, 0.15) is 22.8 Å². The summed E-state index contributed by atoms with van der Waals surface area (Å²) in [6.45, 7) is 1.66. The number of aromatic amines is 1. The van der Waals surface area contributed by atoms with Crippen molar-refractivity contribution in [3.63, 3.8) is 0 Å². The maximum absolute atomic E-state index is 12.0. The molecule has 6 heteroatoms.